The third-order valence-electron chi connectivity index (χ3n) is 4.36. The minimum atomic E-state index is -3.58. The highest BCUT2D eigenvalue weighted by atomic mass is 35.5. The van der Waals surface area contributed by atoms with E-state index in [0.29, 0.717) is 24.5 Å². The highest BCUT2D eigenvalue weighted by molar-refractivity contribution is 7.89. The van der Waals surface area contributed by atoms with Crippen LogP contribution >= 0.6 is 12.4 Å². The molecule has 0 bridgehead atoms. The quantitative estimate of drug-likeness (QED) is 0.597. The van der Waals surface area contributed by atoms with Crippen molar-refractivity contribution in [1.29, 1.82) is 0 Å². The molecule has 0 aliphatic carbocycles. The number of nitrogens with zero attached hydrogens (tertiary/aromatic N) is 2. The van der Waals surface area contributed by atoms with E-state index in [2.05, 4.69) is 0 Å². The third-order valence-corrected chi connectivity index (χ3v) is 6.20. The molecular formula is C21H25ClN2O2S. The Morgan fingerprint density at radius 3 is 2.07 bits per heavy atom. The molecule has 0 amide bonds. The van der Waals surface area contributed by atoms with E-state index in [4.69, 9.17) is 0 Å². The fourth-order valence-corrected chi connectivity index (χ4v) is 4.31. The van der Waals surface area contributed by atoms with Crippen molar-refractivity contribution in [3.63, 3.8) is 0 Å². The maximum absolute atomic E-state index is 13.3. The number of fused-ring (bicyclic) bond motifs is 1. The zero-order chi connectivity index (χ0) is 18.6. The molecular weight excluding hydrogens is 380 g/mol. The Kier molecular flexibility index (Phi) is 7.39. The van der Waals surface area contributed by atoms with Crippen LogP contribution in [0.5, 0.6) is 0 Å². The van der Waals surface area contributed by atoms with Gasteiger partial charge in [-0.2, -0.15) is 4.31 Å². The van der Waals surface area contributed by atoms with Crippen LogP contribution in [-0.4, -0.2) is 44.8 Å². The minimum Gasteiger partial charge on any atom is -0.308 e. The van der Waals surface area contributed by atoms with Crippen LogP contribution in [0.2, 0.25) is 0 Å². The van der Waals surface area contributed by atoms with Crippen LogP contribution in [0, 0.1) is 0 Å². The Hall–Kier alpha value is -1.92. The van der Waals surface area contributed by atoms with Crippen molar-refractivity contribution in [2.45, 2.75) is 11.4 Å². The molecule has 3 aromatic rings. The first-order valence-corrected chi connectivity index (χ1v) is 10.1. The molecule has 0 atom stereocenters. The molecule has 0 saturated carbocycles. The predicted octanol–water partition coefficient (Wildman–Crippen LogP) is 4.01. The largest absolute Gasteiger partial charge is 0.308 e. The molecule has 3 aromatic carbocycles. The molecule has 4 nitrogen and oxygen atoms in total. The molecule has 3 rings (SSSR count). The first-order chi connectivity index (χ1) is 12.5. The van der Waals surface area contributed by atoms with E-state index >= 15 is 0 Å². The van der Waals surface area contributed by atoms with Gasteiger partial charge in [0, 0.05) is 19.6 Å². The molecule has 0 radical (unpaired) electrons. The summed E-state index contributed by atoms with van der Waals surface area (Å²) < 4.78 is 28.2. The lowest BCUT2D eigenvalue weighted by Crippen LogP contribution is -2.36. The van der Waals surface area contributed by atoms with Gasteiger partial charge in [-0.3, -0.25) is 0 Å². The average Bonchev–Trinajstić information content (AvgIpc) is 2.65. The van der Waals surface area contributed by atoms with Crippen LogP contribution < -0.4 is 0 Å². The van der Waals surface area contributed by atoms with E-state index < -0.39 is 10.0 Å². The van der Waals surface area contributed by atoms with Crippen molar-refractivity contribution in [3.05, 3.63) is 78.4 Å². The van der Waals surface area contributed by atoms with E-state index in [1.807, 2.05) is 79.7 Å². The van der Waals surface area contributed by atoms with Gasteiger partial charge in [0.1, 0.15) is 0 Å². The minimum absolute atomic E-state index is 0. The summed E-state index contributed by atoms with van der Waals surface area (Å²) in [5.41, 5.74) is 0.982. The van der Waals surface area contributed by atoms with E-state index in [1.165, 1.54) is 0 Å². The van der Waals surface area contributed by atoms with Crippen LogP contribution in [0.3, 0.4) is 0 Å². The van der Waals surface area contributed by atoms with Crippen molar-refractivity contribution in [2.75, 3.05) is 27.2 Å². The fourth-order valence-electron chi connectivity index (χ4n) is 2.86. The van der Waals surface area contributed by atoms with Crippen molar-refractivity contribution in [1.82, 2.24) is 9.21 Å². The van der Waals surface area contributed by atoms with Gasteiger partial charge in [-0.05, 0) is 42.6 Å². The van der Waals surface area contributed by atoms with Gasteiger partial charge in [-0.25, -0.2) is 8.42 Å². The normalized spacial score (nSPS) is 11.7. The standard InChI is InChI=1S/C21H24N2O2S.ClH/c1-22(2)14-15-23(17-18-8-4-3-5-9-18)26(24,25)21-13-12-19-10-6-7-11-20(19)16-21;/h3-13,16H,14-15,17H2,1-2H3;1H. The summed E-state index contributed by atoms with van der Waals surface area (Å²) in [7, 11) is 0.316. The van der Waals surface area contributed by atoms with Crippen LogP contribution in [0.1, 0.15) is 5.56 Å². The summed E-state index contributed by atoms with van der Waals surface area (Å²) in [5, 5.41) is 1.97. The second-order valence-corrected chi connectivity index (χ2v) is 8.57. The predicted molar refractivity (Wildman–Crippen MR) is 114 cm³/mol. The van der Waals surface area contributed by atoms with Crippen molar-refractivity contribution in [2.24, 2.45) is 0 Å². The second-order valence-electron chi connectivity index (χ2n) is 6.64. The Balaban J connectivity index is 0.00000261. The average molecular weight is 405 g/mol. The Bertz CT molecular complexity index is 976. The third kappa shape index (κ3) is 5.30. The molecule has 27 heavy (non-hydrogen) atoms. The van der Waals surface area contributed by atoms with E-state index in [-0.39, 0.29) is 12.4 Å². The number of hydrogen-bond donors (Lipinski definition) is 0. The van der Waals surface area contributed by atoms with Gasteiger partial charge in [0.25, 0.3) is 0 Å². The maximum atomic E-state index is 13.3. The molecule has 0 heterocycles. The Labute approximate surface area is 167 Å². The van der Waals surface area contributed by atoms with Gasteiger partial charge in [0.15, 0.2) is 0 Å². The molecule has 144 valence electrons. The number of rotatable bonds is 7. The molecule has 6 heteroatoms. The smallest absolute Gasteiger partial charge is 0.243 e. The number of halogens is 1. The van der Waals surface area contributed by atoms with Crippen molar-refractivity contribution >= 4 is 33.2 Å². The first kappa shape index (κ1) is 21.4. The first-order valence-electron chi connectivity index (χ1n) is 8.64. The maximum Gasteiger partial charge on any atom is 0.243 e. The van der Waals surface area contributed by atoms with Gasteiger partial charge in [-0.15, -0.1) is 12.4 Å². The summed E-state index contributed by atoms with van der Waals surface area (Å²) in [6, 6.07) is 22.8. The summed E-state index contributed by atoms with van der Waals surface area (Å²) in [4.78, 5) is 2.33. The lowest BCUT2D eigenvalue weighted by Gasteiger charge is -2.24. The topological polar surface area (TPSA) is 40.6 Å². The number of sulfonamides is 1. The van der Waals surface area contributed by atoms with Gasteiger partial charge < -0.3 is 4.90 Å². The molecule has 0 aliphatic heterocycles. The number of hydrogen-bond acceptors (Lipinski definition) is 3. The van der Waals surface area contributed by atoms with E-state index in [0.717, 1.165) is 16.3 Å². The number of likely N-dealkylation sites (N-methyl/N-ethyl adjacent to an activating group) is 1. The van der Waals surface area contributed by atoms with Crippen molar-refractivity contribution < 1.29 is 8.42 Å². The van der Waals surface area contributed by atoms with Gasteiger partial charge >= 0.3 is 0 Å². The second kappa shape index (κ2) is 9.33. The molecule has 0 aliphatic rings. The highest BCUT2D eigenvalue weighted by Gasteiger charge is 2.24. The van der Waals surface area contributed by atoms with E-state index in [1.54, 1.807) is 16.4 Å². The Morgan fingerprint density at radius 2 is 1.41 bits per heavy atom. The SMILES string of the molecule is CN(C)CCN(Cc1ccccc1)S(=O)(=O)c1ccc2ccccc2c1.Cl. The zero-order valence-corrected chi connectivity index (χ0v) is 17.2. The van der Waals surface area contributed by atoms with Crippen LogP contribution in [0.25, 0.3) is 10.8 Å². The van der Waals surface area contributed by atoms with Crippen LogP contribution in [0.4, 0.5) is 0 Å². The van der Waals surface area contributed by atoms with Crippen molar-refractivity contribution in [3.8, 4) is 0 Å². The molecule has 0 spiro atoms. The summed E-state index contributed by atoms with van der Waals surface area (Å²) in [6.45, 7) is 1.47. The summed E-state index contributed by atoms with van der Waals surface area (Å²) >= 11 is 0. The fraction of sp³-hybridized carbons (Fsp3) is 0.238. The Morgan fingerprint density at radius 1 is 0.778 bits per heavy atom. The van der Waals surface area contributed by atoms with Gasteiger partial charge in [-0.1, -0.05) is 60.7 Å². The van der Waals surface area contributed by atoms with Gasteiger partial charge in [0.2, 0.25) is 10.0 Å². The molecule has 0 fully saturated rings. The molecule has 0 N–H and O–H groups in total. The number of benzene rings is 3. The van der Waals surface area contributed by atoms with Gasteiger partial charge in [0.05, 0.1) is 4.90 Å². The molecule has 0 saturated heterocycles. The monoisotopic (exact) mass is 404 g/mol. The molecule has 0 aromatic heterocycles. The van der Waals surface area contributed by atoms with Crippen LogP contribution in [0.15, 0.2) is 77.7 Å². The summed E-state index contributed by atoms with van der Waals surface area (Å²) in [5.74, 6) is 0. The lowest BCUT2D eigenvalue weighted by molar-refractivity contribution is 0.329. The van der Waals surface area contributed by atoms with Crippen LogP contribution in [-0.2, 0) is 16.6 Å². The molecule has 0 unspecified atom stereocenters. The highest BCUT2D eigenvalue weighted by Crippen LogP contribution is 2.23. The van der Waals surface area contributed by atoms with E-state index in [9.17, 15) is 8.42 Å². The zero-order valence-electron chi connectivity index (χ0n) is 15.6. The lowest BCUT2D eigenvalue weighted by atomic mass is 10.1. The summed E-state index contributed by atoms with van der Waals surface area (Å²) in [6.07, 6.45) is 0.